The molecule has 0 aliphatic carbocycles. The minimum absolute atomic E-state index is 0.0456. The van der Waals surface area contributed by atoms with Crippen molar-refractivity contribution in [2.75, 3.05) is 13.2 Å². The molecule has 68 valence electrons. The van der Waals surface area contributed by atoms with E-state index in [9.17, 15) is 0 Å². The summed E-state index contributed by atoms with van der Waals surface area (Å²) in [6.07, 6.45) is 3.26. The number of hydrogen-bond donors (Lipinski definition) is 1. The predicted molar refractivity (Wildman–Crippen MR) is 48.6 cm³/mol. The third-order valence-corrected chi connectivity index (χ3v) is 1.69. The van der Waals surface area contributed by atoms with Crippen LogP contribution in [0.2, 0.25) is 0 Å². The van der Waals surface area contributed by atoms with Crippen molar-refractivity contribution in [3.05, 3.63) is 0 Å². The van der Waals surface area contributed by atoms with Crippen molar-refractivity contribution in [2.45, 2.75) is 45.6 Å². The van der Waals surface area contributed by atoms with Crippen molar-refractivity contribution in [1.29, 1.82) is 0 Å². The van der Waals surface area contributed by atoms with Crippen molar-refractivity contribution in [3.8, 4) is 0 Å². The molecule has 0 radical (unpaired) electrons. The quantitative estimate of drug-likeness (QED) is 0.601. The van der Waals surface area contributed by atoms with Gasteiger partial charge in [0.05, 0.1) is 5.60 Å². The third kappa shape index (κ3) is 6.32. The van der Waals surface area contributed by atoms with Gasteiger partial charge in [-0.25, -0.2) is 0 Å². The highest BCUT2D eigenvalue weighted by Gasteiger charge is 2.15. The molecule has 0 unspecified atom stereocenters. The molecule has 0 spiro atoms. The van der Waals surface area contributed by atoms with Crippen molar-refractivity contribution in [3.63, 3.8) is 0 Å². The lowest BCUT2D eigenvalue weighted by molar-refractivity contribution is -0.0240. The van der Waals surface area contributed by atoms with E-state index in [0.29, 0.717) is 0 Å². The molecule has 0 aliphatic heterocycles. The van der Waals surface area contributed by atoms with Crippen LogP contribution in [0.5, 0.6) is 0 Å². The van der Waals surface area contributed by atoms with Gasteiger partial charge in [-0.3, -0.25) is 0 Å². The van der Waals surface area contributed by atoms with E-state index in [1.807, 2.05) is 0 Å². The molecule has 0 heterocycles. The van der Waals surface area contributed by atoms with Crippen LogP contribution in [0.25, 0.3) is 0 Å². The summed E-state index contributed by atoms with van der Waals surface area (Å²) >= 11 is 0. The Labute approximate surface area is 70.1 Å². The first-order valence-corrected chi connectivity index (χ1v) is 4.46. The first-order chi connectivity index (χ1) is 5.12. The van der Waals surface area contributed by atoms with Crippen LogP contribution in [0.4, 0.5) is 0 Å². The fourth-order valence-electron chi connectivity index (χ4n) is 1.11. The lowest BCUT2D eigenvalue weighted by atomic mass is 10.0. The second-order valence-electron chi connectivity index (χ2n) is 3.50. The second-order valence-corrected chi connectivity index (χ2v) is 3.50. The monoisotopic (exact) mass is 159 g/mol. The van der Waals surface area contributed by atoms with E-state index in [1.165, 1.54) is 6.42 Å². The molecule has 0 aromatic rings. The Morgan fingerprint density at radius 1 is 1.36 bits per heavy atom. The molecule has 0 atom stereocenters. The van der Waals surface area contributed by atoms with Gasteiger partial charge in [0.25, 0.3) is 0 Å². The van der Waals surface area contributed by atoms with Crippen LogP contribution in [0.1, 0.15) is 40.0 Å². The molecule has 2 N–H and O–H groups in total. The van der Waals surface area contributed by atoms with E-state index in [2.05, 4.69) is 20.8 Å². The van der Waals surface area contributed by atoms with Gasteiger partial charge in [0, 0.05) is 6.61 Å². The Morgan fingerprint density at radius 3 is 2.45 bits per heavy atom. The molecular formula is C9H21NO. The van der Waals surface area contributed by atoms with Crippen LogP contribution < -0.4 is 5.73 Å². The summed E-state index contributed by atoms with van der Waals surface area (Å²) in [7, 11) is 0. The van der Waals surface area contributed by atoms with Crippen molar-refractivity contribution in [1.82, 2.24) is 0 Å². The van der Waals surface area contributed by atoms with Crippen LogP contribution in [0, 0.1) is 0 Å². The smallest absolute Gasteiger partial charge is 0.0626 e. The fourth-order valence-corrected chi connectivity index (χ4v) is 1.11. The second kappa shape index (κ2) is 5.56. The first kappa shape index (κ1) is 10.9. The van der Waals surface area contributed by atoms with Crippen LogP contribution in [-0.2, 0) is 4.74 Å². The molecule has 0 saturated heterocycles. The molecule has 0 rings (SSSR count). The van der Waals surface area contributed by atoms with Gasteiger partial charge in [0.15, 0.2) is 0 Å². The molecule has 0 bridgehead atoms. The number of rotatable bonds is 6. The summed E-state index contributed by atoms with van der Waals surface area (Å²) in [5.41, 5.74) is 5.40. The molecule has 0 aromatic carbocycles. The van der Waals surface area contributed by atoms with Crippen LogP contribution in [0.15, 0.2) is 0 Å². The maximum absolute atomic E-state index is 5.63. The van der Waals surface area contributed by atoms with Crippen molar-refractivity contribution < 1.29 is 4.74 Å². The molecule has 0 amide bonds. The molecule has 2 nitrogen and oxygen atoms in total. The SMILES string of the molecule is CCCC(C)(C)OCCCN. The lowest BCUT2D eigenvalue weighted by Crippen LogP contribution is -2.25. The summed E-state index contributed by atoms with van der Waals surface area (Å²) in [6, 6.07) is 0. The van der Waals surface area contributed by atoms with Gasteiger partial charge in [0.2, 0.25) is 0 Å². The van der Waals surface area contributed by atoms with Gasteiger partial charge >= 0.3 is 0 Å². The highest BCUT2D eigenvalue weighted by Crippen LogP contribution is 2.16. The zero-order valence-electron chi connectivity index (χ0n) is 8.02. The average molecular weight is 159 g/mol. The van der Waals surface area contributed by atoms with Gasteiger partial charge in [-0.1, -0.05) is 13.3 Å². The van der Waals surface area contributed by atoms with Crippen LogP contribution in [0.3, 0.4) is 0 Å². The van der Waals surface area contributed by atoms with E-state index in [1.54, 1.807) is 0 Å². The molecule has 0 aliphatic rings. The van der Waals surface area contributed by atoms with Crippen LogP contribution >= 0.6 is 0 Å². The zero-order chi connectivity index (χ0) is 8.74. The summed E-state index contributed by atoms with van der Waals surface area (Å²) in [6.45, 7) is 7.96. The summed E-state index contributed by atoms with van der Waals surface area (Å²) in [5, 5.41) is 0. The largest absolute Gasteiger partial charge is 0.376 e. The van der Waals surface area contributed by atoms with Crippen LogP contribution in [-0.4, -0.2) is 18.8 Å². The van der Waals surface area contributed by atoms with Gasteiger partial charge in [-0.2, -0.15) is 0 Å². The van der Waals surface area contributed by atoms with E-state index in [-0.39, 0.29) is 5.60 Å². The van der Waals surface area contributed by atoms with Gasteiger partial charge < -0.3 is 10.5 Å². The van der Waals surface area contributed by atoms with Gasteiger partial charge in [-0.15, -0.1) is 0 Å². The molecule has 0 saturated carbocycles. The number of hydrogen-bond acceptors (Lipinski definition) is 2. The molecular weight excluding hydrogens is 138 g/mol. The average Bonchev–Trinajstić information content (AvgIpc) is 1.87. The summed E-state index contributed by atoms with van der Waals surface area (Å²) < 4.78 is 5.63. The third-order valence-electron chi connectivity index (χ3n) is 1.69. The highest BCUT2D eigenvalue weighted by atomic mass is 16.5. The molecule has 11 heavy (non-hydrogen) atoms. The Kier molecular flexibility index (Phi) is 5.51. The topological polar surface area (TPSA) is 35.2 Å². The van der Waals surface area contributed by atoms with E-state index in [4.69, 9.17) is 10.5 Å². The Balaban J connectivity index is 3.38. The lowest BCUT2D eigenvalue weighted by Gasteiger charge is -2.24. The van der Waals surface area contributed by atoms with Gasteiger partial charge in [0.1, 0.15) is 0 Å². The minimum atomic E-state index is 0.0456. The summed E-state index contributed by atoms with van der Waals surface area (Å²) in [5.74, 6) is 0. The Hall–Kier alpha value is -0.0800. The number of ether oxygens (including phenoxy) is 1. The number of nitrogens with two attached hydrogens (primary N) is 1. The summed E-state index contributed by atoms with van der Waals surface area (Å²) in [4.78, 5) is 0. The fraction of sp³-hybridized carbons (Fsp3) is 1.00. The Bertz CT molecular complexity index is 91.6. The predicted octanol–water partition coefficient (Wildman–Crippen LogP) is 1.93. The van der Waals surface area contributed by atoms with Crippen molar-refractivity contribution in [2.24, 2.45) is 5.73 Å². The normalized spacial score (nSPS) is 12.0. The van der Waals surface area contributed by atoms with E-state index >= 15 is 0 Å². The van der Waals surface area contributed by atoms with E-state index < -0.39 is 0 Å². The first-order valence-electron chi connectivity index (χ1n) is 4.46. The minimum Gasteiger partial charge on any atom is -0.376 e. The maximum atomic E-state index is 5.63. The zero-order valence-corrected chi connectivity index (χ0v) is 8.02. The molecule has 0 aromatic heterocycles. The van der Waals surface area contributed by atoms with Gasteiger partial charge in [-0.05, 0) is 33.2 Å². The molecule has 0 fully saturated rings. The maximum Gasteiger partial charge on any atom is 0.0626 e. The van der Waals surface area contributed by atoms with E-state index in [0.717, 1.165) is 26.0 Å². The molecule has 2 heteroatoms. The van der Waals surface area contributed by atoms with Crippen molar-refractivity contribution >= 4 is 0 Å². The Morgan fingerprint density at radius 2 is 2.00 bits per heavy atom. The highest BCUT2D eigenvalue weighted by molar-refractivity contribution is 4.66. The standard InChI is InChI=1S/C9H21NO/c1-4-6-9(2,3)11-8-5-7-10/h4-8,10H2,1-3H3.